The number of carboxylic acids is 1. The normalized spacial score (nSPS) is 17.6. The second kappa shape index (κ2) is 5.26. The average Bonchev–Trinajstić information content (AvgIpc) is 3.06. The first kappa shape index (κ1) is 13.1. The summed E-state index contributed by atoms with van der Waals surface area (Å²) in [7, 11) is 0. The number of nitrogens with one attached hydrogen (secondary N) is 1. The fourth-order valence-corrected chi connectivity index (χ4v) is 3.82. The molecule has 0 radical (unpaired) electrons. The van der Waals surface area contributed by atoms with Crippen molar-refractivity contribution in [3.63, 3.8) is 0 Å². The van der Waals surface area contributed by atoms with Crippen molar-refractivity contribution in [2.45, 2.75) is 12.5 Å². The molecule has 5 nitrogen and oxygen atoms in total. The summed E-state index contributed by atoms with van der Waals surface area (Å²) in [6.07, 6.45) is 0.702. The molecule has 0 fully saturated rings. The smallest absolute Gasteiger partial charge is 0.331 e. The number of nitrogens with zero attached hydrogens (tertiary/aromatic N) is 1. The Hall–Kier alpha value is -1.86. The van der Waals surface area contributed by atoms with Crippen LogP contribution in [0.3, 0.4) is 0 Å². The summed E-state index contributed by atoms with van der Waals surface area (Å²) < 4.78 is 0. The van der Waals surface area contributed by atoms with E-state index >= 15 is 0 Å². The molecule has 0 bridgehead atoms. The molecule has 2 amide bonds. The molecular weight excluding hydrogens is 296 g/mol. The van der Waals surface area contributed by atoms with Crippen molar-refractivity contribution in [3.8, 4) is 0 Å². The van der Waals surface area contributed by atoms with Gasteiger partial charge in [0.2, 0.25) is 0 Å². The molecule has 2 aromatic heterocycles. The number of amides is 2. The average molecular weight is 308 g/mol. The van der Waals surface area contributed by atoms with Gasteiger partial charge in [0.25, 0.3) is 0 Å². The molecule has 104 valence electrons. The number of anilines is 1. The maximum atomic E-state index is 12.3. The second-order valence-corrected chi connectivity index (χ2v) is 6.21. The minimum Gasteiger partial charge on any atom is -0.479 e. The molecule has 1 atom stereocenters. The van der Waals surface area contributed by atoms with Crippen molar-refractivity contribution >= 4 is 40.4 Å². The molecule has 2 aromatic rings. The van der Waals surface area contributed by atoms with Gasteiger partial charge in [-0.25, -0.2) is 9.59 Å². The standard InChI is InChI=1S/C13H12N2O3S2/c16-12(17)11-9-3-6-20-10(9)1-4-15(11)13(18)14-8-2-5-19-7-8/h2-3,5-7,11H,1,4H2,(H,14,18)(H,16,17). The molecule has 1 aliphatic rings. The van der Waals surface area contributed by atoms with Crippen LogP contribution in [-0.2, 0) is 11.2 Å². The molecule has 0 aliphatic carbocycles. The summed E-state index contributed by atoms with van der Waals surface area (Å²) in [5.41, 5.74) is 1.43. The Morgan fingerprint density at radius 3 is 2.90 bits per heavy atom. The van der Waals surface area contributed by atoms with Crippen molar-refractivity contribution in [1.29, 1.82) is 0 Å². The minimum absolute atomic E-state index is 0.368. The maximum Gasteiger partial charge on any atom is 0.331 e. The minimum atomic E-state index is -0.996. The van der Waals surface area contributed by atoms with E-state index in [1.807, 2.05) is 16.1 Å². The predicted molar refractivity (Wildman–Crippen MR) is 78.4 cm³/mol. The Labute approximate surface area is 123 Å². The van der Waals surface area contributed by atoms with E-state index in [9.17, 15) is 14.7 Å². The van der Waals surface area contributed by atoms with E-state index < -0.39 is 12.0 Å². The van der Waals surface area contributed by atoms with E-state index in [0.29, 0.717) is 18.7 Å². The first-order valence-electron chi connectivity index (χ1n) is 6.05. The number of carboxylic acid groups (broad SMARTS) is 1. The summed E-state index contributed by atoms with van der Waals surface area (Å²) in [4.78, 5) is 26.2. The maximum absolute atomic E-state index is 12.3. The van der Waals surface area contributed by atoms with Gasteiger partial charge in [0.1, 0.15) is 0 Å². The number of hydrogen-bond donors (Lipinski definition) is 2. The quantitative estimate of drug-likeness (QED) is 0.896. The highest BCUT2D eigenvalue weighted by Gasteiger charge is 2.36. The highest BCUT2D eigenvalue weighted by molar-refractivity contribution is 7.10. The third-order valence-corrected chi connectivity index (χ3v) is 4.91. The molecule has 3 heterocycles. The van der Waals surface area contributed by atoms with Crippen LogP contribution in [0.15, 0.2) is 28.3 Å². The Bertz CT molecular complexity index is 636. The summed E-state index contributed by atoms with van der Waals surface area (Å²) in [6, 6.07) is 2.32. The molecule has 20 heavy (non-hydrogen) atoms. The van der Waals surface area contributed by atoms with Gasteiger partial charge in [-0.05, 0) is 34.9 Å². The van der Waals surface area contributed by atoms with Crippen LogP contribution in [0.1, 0.15) is 16.5 Å². The Morgan fingerprint density at radius 2 is 2.20 bits per heavy atom. The Kier molecular flexibility index (Phi) is 3.45. The predicted octanol–water partition coefficient (Wildman–Crippen LogP) is 3.03. The number of urea groups is 1. The van der Waals surface area contributed by atoms with Crippen LogP contribution in [0.2, 0.25) is 0 Å². The van der Waals surface area contributed by atoms with E-state index in [4.69, 9.17) is 0 Å². The van der Waals surface area contributed by atoms with E-state index in [2.05, 4.69) is 5.32 Å². The molecule has 0 saturated carbocycles. The van der Waals surface area contributed by atoms with Crippen molar-refractivity contribution < 1.29 is 14.7 Å². The molecule has 3 rings (SSSR count). The molecule has 1 unspecified atom stereocenters. The van der Waals surface area contributed by atoms with Gasteiger partial charge in [0.05, 0.1) is 5.69 Å². The lowest BCUT2D eigenvalue weighted by Gasteiger charge is -2.33. The number of carbonyl (C=O) groups is 2. The fraction of sp³-hybridized carbons (Fsp3) is 0.231. The van der Waals surface area contributed by atoms with Crippen LogP contribution >= 0.6 is 22.7 Å². The number of carbonyl (C=O) groups excluding carboxylic acids is 1. The van der Waals surface area contributed by atoms with Gasteiger partial charge in [-0.1, -0.05) is 0 Å². The van der Waals surface area contributed by atoms with Crippen LogP contribution in [-0.4, -0.2) is 28.6 Å². The molecular formula is C13H12N2O3S2. The molecule has 0 aromatic carbocycles. The monoisotopic (exact) mass is 308 g/mol. The SMILES string of the molecule is O=C(O)C1c2ccsc2CCN1C(=O)Nc1ccsc1. The summed E-state index contributed by atoms with van der Waals surface area (Å²) in [5, 5.41) is 17.7. The highest BCUT2D eigenvalue weighted by Crippen LogP contribution is 2.33. The lowest BCUT2D eigenvalue weighted by Crippen LogP contribution is -2.45. The zero-order valence-electron chi connectivity index (χ0n) is 10.4. The van der Waals surface area contributed by atoms with Gasteiger partial charge >= 0.3 is 12.0 Å². The van der Waals surface area contributed by atoms with Crippen molar-refractivity contribution in [2.75, 3.05) is 11.9 Å². The van der Waals surface area contributed by atoms with Crippen molar-refractivity contribution in [2.24, 2.45) is 0 Å². The first-order chi connectivity index (χ1) is 9.66. The third-order valence-electron chi connectivity index (χ3n) is 3.23. The topological polar surface area (TPSA) is 69.6 Å². The van der Waals surface area contributed by atoms with E-state index in [1.165, 1.54) is 16.2 Å². The van der Waals surface area contributed by atoms with Crippen LogP contribution in [0.5, 0.6) is 0 Å². The van der Waals surface area contributed by atoms with Crippen molar-refractivity contribution in [3.05, 3.63) is 38.7 Å². The number of aliphatic carboxylic acids is 1. The van der Waals surface area contributed by atoms with Gasteiger partial charge < -0.3 is 15.3 Å². The summed E-state index contributed by atoms with van der Waals surface area (Å²) in [6.45, 7) is 0.417. The molecule has 0 saturated heterocycles. The fourth-order valence-electron chi connectivity index (χ4n) is 2.33. The van der Waals surface area contributed by atoms with Gasteiger partial charge in [-0.15, -0.1) is 11.3 Å². The lowest BCUT2D eigenvalue weighted by molar-refractivity contribution is -0.142. The summed E-state index contributed by atoms with van der Waals surface area (Å²) in [5.74, 6) is -0.996. The molecule has 7 heteroatoms. The van der Waals surface area contributed by atoms with E-state index in [1.54, 1.807) is 23.5 Å². The van der Waals surface area contributed by atoms with Gasteiger partial charge in [-0.3, -0.25) is 0 Å². The van der Waals surface area contributed by atoms with E-state index in [0.717, 1.165) is 10.4 Å². The van der Waals surface area contributed by atoms with Crippen molar-refractivity contribution in [1.82, 2.24) is 4.90 Å². The zero-order chi connectivity index (χ0) is 14.1. The number of rotatable bonds is 2. The zero-order valence-corrected chi connectivity index (χ0v) is 12.0. The van der Waals surface area contributed by atoms with Gasteiger partial charge in [-0.2, -0.15) is 11.3 Å². The first-order valence-corrected chi connectivity index (χ1v) is 7.88. The number of fused-ring (bicyclic) bond motifs is 1. The third kappa shape index (κ3) is 2.30. The molecule has 2 N–H and O–H groups in total. The number of thiophene rings is 2. The summed E-state index contributed by atoms with van der Waals surface area (Å²) >= 11 is 3.02. The molecule has 0 spiro atoms. The highest BCUT2D eigenvalue weighted by atomic mass is 32.1. The largest absolute Gasteiger partial charge is 0.479 e. The van der Waals surface area contributed by atoms with Crippen LogP contribution in [0.4, 0.5) is 10.5 Å². The Balaban J connectivity index is 1.85. The lowest BCUT2D eigenvalue weighted by atomic mass is 10.0. The van der Waals surface area contributed by atoms with Gasteiger partial charge in [0.15, 0.2) is 6.04 Å². The number of hydrogen-bond acceptors (Lipinski definition) is 4. The second-order valence-electron chi connectivity index (χ2n) is 4.43. The van der Waals surface area contributed by atoms with E-state index in [-0.39, 0.29) is 6.03 Å². The van der Waals surface area contributed by atoms with Crippen LogP contribution in [0, 0.1) is 0 Å². The van der Waals surface area contributed by atoms with Crippen LogP contribution < -0.4 is 5.32 Å². The van der Waals surface area contributed by atoms with Crippen LogP contribution in [0.25, 0.3) is 0 Å². The van der Waals surface area contributed by atoms with Gasteiger partial charge in [0, 0.05) is 16.8 Å². The Morgan fingerprint density at radius 1 is 1.35 bits per heavy atom. The molecule has 1 aliphatic heterocycles.